The van der Waals surface area contributed by atoms with Crippen molar-refractivity contribution in [2.75, 3.05) is 19.6 Å². The van der Waals surface area contributed by atoms with Gasteiger partial charge in [0.25, 0.3) is 0 Å². The van der Waals surface area contributed by atoms with Gasteiger partial charge in [-0.2, -0.15) is 13.2 Å². The van der Waals surface area contributed by atoms with E-state index in [1.807, 2.05) is 0 Å². The van der Waals surface area contributed by atoms with E-state index >= 15 is 0 Å². The third-order valence-corrected chi connectivity index (χ3v) is 5.87. The Balaban J connectivity index is 1.49. The fraction of sp³-hybridized carbons (Fsp3) is 0.619. The van der Waals surface area contributed by atoms with Crippen molar-refractivity contribution in [3.8, 4) is 0 Å². The van der Waals surface area contributed by atoms with E-state index in [1.165, 1.54) is 49.8 Å². The highest BCUT2D eigenvalue weighted by molar-refractivity contribution is 5.66. The Hall–Kier alpha value is -1.29. The first-order valence-corrected chi connectivity index (χ1v) is 9.51. The van der Waals surface area contributed by atoms with Crippen LogP contribution in [0.4, 0.5) is 13.2 Å². The lowest BCUT2D eigenvalue weighted by Gasteiger charge is -2.30. The van der Waals surface area contributed by atoms with Crippen molar-refractivity contribution in [2.45, 2.75) is 51.6 Å². The van der Waals surface area contributed by atoms with Gasteiger partial charge in [0.05, 0.1) is 5.56 Å². The minimum absolute atomic E-state index is 0.573. The molecule has 0 N–H and O–H groups in total. The second-order valence-electron chi connectivity index (χ2n) is 7.77. The largest absolute Gasteiger partial charge is 0.416 e. The van der Waals surface area contributed by atoms with Crippen LogP contribution in [-0.4, -0.2) is 24.5 Å². The zero-order valence-electron chi connectivity index (χ0n) is 15.0. The molecule has 1 saturated carbocycles. The lowest BCUT2D eigenvalue weighted by Crippen LogP contribution is -2.31. The van der Waals surface area contributed by atoms with Crippen molar-refractivity contribution < 1.29 is 13.2 Å². The average molecular weight is 351 g/mol. The Labute approximate surface area is 148 Å². The molecule has 1 aliphatic heterocycles. The van der Waals surface area contributed by atoms with Crippen LogP contribution in [0.15, 0.2) is 30.3 Å². The van der Waals surface area contributed by atoms with Crippen LogP contribution in [0.5, 0.6) is 0 Å². The molecule has 0 aromatic heterocycles. The Kier molecular flexibility index (Phi) is 5.88. The highest BCUT2D eigenvalue weighted by Gasteiger charge is 2.30. The summed E-state index contributed by atoms with van der Waals surface area (Å²) in [5.74, 6) is 1.79. The third-order valence-electron chi connectivity index (χ3n) is 5.87. The Bertz CT molecular complexity index is 580. The van der Waals surface area contributed by atoms with Crippen molar-refractivity contribution in [2.24, 2.45) is 11.8 Å². The van der Waals surface area contributed by atoms with Gasteiger partial charge in [-0.1, -0.05) is 50.8 Å². The smallest absolute Gasteiger partial charge is 0.299 e. The third kappa shape index (κ3) is 5.10. The summed E-state index contributed by atoms with van der Waals surface area (Å²) in [6, 6.07) is 5.58. The summed E-state index contributed by atoms with van der Waals surface area (Å²) in [7, 11) is 0. The SMILES string of the molecule is CC1CCC(CCN2CC=C(c3ccc(C(F)(F)F)cc3)CC2)CC1. The van der Waals surface area contributed by atoms with E-state index in [0.29, 0.717) is 0 Å². The minimum Gasteiger partial charge on any atom is -0.299 e. The maximum atomic E-state index is 12.7. The Morgan fingerprint density at radius 2 is 1.72 bits per heavy atom. The second-order valence-corrected chi connectivity index (χ2v) is 7.77. The number of rotatable bonds is 4. The monoisotopic (exact) mass is 351 g/mol. The van der Waals surface area contributed by atoms with Crippen molar-refractivity contribution in [1.82, 2.24) is 4.90 Å². The number of halogens is 3. The number of alkyl halides is 3. The molecule has 0 bridgehead atoms. The zero-order chi connectivity index (χ0) is 17.9. The topological polar surface area (TPSA) is 3.24 Å². The van der Waals surface area contributed by atoms with E-state index in [9.17, 15) is 13.2 Å². The van der Waals surface area contributed by atoms with Crippen LogP contribution in [0.3, 0.4) is 0 Å². The quantitative estimate of drug-likeness (QED) is 0.642. The molecular formula is C21H28F3N. The molecule has 25 heavy (non-hydrogen) atoms. The Morgan fingerprint density at radius 3 is 2.28 bits per heavy atom. The molecule has 0 saturated heterocycles. The number of hydrogen-bond donors (Lipinski definition) is 0. The first kappa shape index (κ1) is 18.5. The van der Waals surface area contributed by atoms with Crippen molar-refractivity contribution in [3.63, 3.8) is 0 Å². The molecule has 1 heterocycles. The standard InChI is InChI=1S/C21H28F3N/c1-16-2-4-17(5-3-16)10-13-25-14-11-19(12-15-25)18-6-8-20(9-7-18)21(22,23)24/h6-9,11,16-17H,2-5,10,12-15H2,1H3. The molecule has 1 aromatic carbocycles. The zero-order valence-corrected chi connectivity index (χ0v) is 15.0. The van der Waals surface area contributed by atoms with Gasteiger partial charge in [0.15, 0.2) is 0 Å². The maximum absolute atomic E-state index is 12.7. The fourth-order valence-electron chi connectivity index (χ4n) is 4.03. The van der Waals surface area contributed by atoms with Gasteiger partial charge in [-0.25, -0.2) is 0 Å². The predicted molar refractivity (Wildman–Crippen MR) is 96.2 cm³/mol. The second kappa shape index (κ2) is 7.94. The van der Waals surface area contributed by atoms with Crippen LogP contribution in [0.25, 0.3) is 5.57 Å². The molecule has 1 nitrogen and oxygen atoms in total. The summed E-state index contributed by atoms with van der Waals surface area (Å²) in [4.78, 5) is 2.48. The molecule has 1 aromatic rings. The molecule has 3 rings (SSSR count). The summed E-state index contributed by atoms with van der Waals surface area (Å²) in [6.07, 6.45) is 5.65. The van der Waals surface area contributed by atoms with Gasteiger partial charge in [0.2, 0.25) is 0 Å². The van der Waals surface area contributed by atoms with Crippen molar-refractivity contribution in [3.05, 3.63) is 41.5 Å². The van der Waals surface area contributed by atoms with Crippen molar-refractivity contribution >= 4 is 5.57 Å². The van der Waals surface area contributed by atoms with E-state index in [-0.39, 0.29) is 0 Å². The van der Waals surface area contributed by atoms with Crippen LogP contribution in [-0.2, 0) is 6.18 Å². The van der Waals surface area contributed by atoms with Crippen LogP contribution in [0, 0.1) is 11.8 Å². The van der Waals surface area contributed by atoms with E-state index in [1.54, 1.807) is 12.1 Å². The number of nitrogens with zero attached hydrogens (tertiary/aromatic N) is 1. The van der Waals surface area contributed by atoms with E-state index in [4.69, 9.17) is 0 Å². The summed E-state index contributed by atoms with van der Waals surface area (Å²) >= 11 is 0. The lowest BCUT2D eigenvalue weighted by molar-refractivity contribution is -0.137. The molecule has 0 atom stereocenters. The molecule has 1 fully saturated rings. The average Bonchev–Trinajstić information content (AvgIpc) is 2.61. The maximum Gasteiger partial charge on any atom is 0.416 e. The lowest BCUT2D eigenvalue weighted by atomic mass is 9.81. The molecule has 138 valence electrons. The van der Waals surface area contributed by atoms with Gasteiger partial charge in [-0.3, -0.25) is 4.90 Å². The molecule has 0 spiro atoms. The normalized spacial score (nSPS) is 25.7. The van der Waals surface area contributed by atoms with Gasteiger partial charge in [-0.15, -0.1) is 0 Å². The Morgan fingerprint density at radius 1 is 1.04 bits per heavy atom. The molecule has 0 radical (unpaired) electrons. The van der Waals surface area contributed by atoms with Crippen LogP contribution in [0.1, 0.15) is 56.6 Å². The highest BCUT2D eigenvalue weighted by Crippen LogP contribution is 2.32. The number of benzene rings is 1. The van der Waals surface area contributed by atoms with Gasteiger partial charge >= 0.3 is 6.18 Å². The van der Waals surface area contributed by atoms with Crippen LogP contribution < -0.4 is 0 Å². The van der Waals surface area contributed by atoms with E-state index in [2.05, 4.69) is 17.9 Å². The molecular weight excluding hydrogens is 323 g/mol. The first-order valence-electron chi connectivity index (χ1n) is 9.51. The summed E-state index contributed by atoms with van der Waals surface area (Å²) < 4.78 is 38.0. The molecule has 4 heteroatoms. The van der Waals surface area contributed by atoms with Crippen LogP contribution >= 0.6 is 0 Å². The molecule has 0 unspecified atom stereocenters. The highest BCUT2D eigenvalue weighted by atomic mass is 19.4. The number of hydrogen-bond acceptors (Lipinski definition) is 1. The molecule has 0 amide bonds. The summed E-state index contributed by atoms with van der Waals surface area (Å²) in [5, 5.41) is 0. The summed E-state index contributed by atoms with van der Waals surface area (Å²) in [6.45, 7) is 5.43. The van der Waals surface area contributed by atoms with Gasteiger partial charge in [0, 0.05) is 13.1 Å². The molecule has 1 aliphatic carbocycles. The van der Waals surface area contributed by atoms with Crippen LogP contribution in [0.2, 0.25) is 0 Å². The predicted octanol–water partition coefficient (Wildman–Crippen LogP) is 6.01. The van der Waals surface area contributed by atoms with Crippen molar-refractivity contribution in [1.29, 1.82) is 0 Å². The van der Waals surface area contributed by atoms with Gasteiger partial charge < -0.3 is 0 Å². The van der Waals surface area contributed by atoms with E-state index in [0.717, 1.165) is 43.5 Å². The first-order chi connectivity index (χ1) is 11.9. The van der Waals surface area contributed by atoms with Gasteiger partial charge in [0.1, 0.15) is 0 Å². The summed E-state index contributed by atoms with van der Waals surface area (Å²) in [5.41, 5.74) is 1.53. The minimum atomic E-state index is -4.26. The molecule has 2 aliphatic rings. The fourth-order valence-corrected chi connectivity index (χ4v) is 4.03. The van der Waals surface area contributed by atoms with Gasteiger partial charge in [-0.05, 0) is 54.5 Å². The van der Waals surface area contributed by atoms with E-state index < -0.39 is 11.7 Å².